The maximum absolute atomic E-state index is 8.74. The van der Waals surface area contributed by atoms with E-state index in [2.05, 4.69) is 0 Å². The number of hydrogen-bond acceptors (Lipinski definition) is 3. The Labute approximate surface area is 42.5 Å². The molecule has 0 aromatic rings. The fourth-order valence-corrected chi connectivity index (χ4v) is 0. The van der Waals surface area contributed by atoms with Gasteiger partial charge >= 0.3 is 8.25 Å². The second-order valence-corrected chi connectivity index (χ2v) is 1.15. The molecule has 0 aliphatic heterocycles. The van der Waals surface area contributed by atoms with Gasteiger partial charge in [0.2, 0.25) is 0 Å². The van der Waals surface area contributed by atoms with Crippen molar-refractivity contribution in [3.05, 3.63) is 0 Å². The van der Waals surface area contributed by atoms with Gasteiger partial charge in [0.25, 0.3) is 0 Å². The molecule has 0 aromatic heterocycles. The van der Waals surface area contributed by atoms with Crippen molar-refractivity contribution in [3.63, 3.8) is 0 Å². The molecule has 0 fully saturated rings. The molecule has 0 aromatic carbocycles. The van der Waals surface area contributed by atoms with Gasteiger partial charge in [0, 0.05) is 0 Å². The summed E-state index contributed by atoms with van der Waals surface area (Å²) in [5.74, 6) is 0. The highest BCUT2D eigenvalue weighted by Crippen LogP contribution is 1.98. The molecule has 46 valence electrons. The van der Waals surface area contributed by atoms with Gasteiger partial charge in [-0.15, -0.1) is 0 Å². The normalized spacial score (nSPS) is 7.57. The molecule has 5 nitrogen and oxygen atoms in total. The van der Waals surface area contributed by atoms with E-state index >= 15 is 0 Å². The molecule has 0 unspecified atom stereocenters. The van der Waals surface area contributed by atoms with E-state index in [1.807, 2.05) is 0 Å². The van der Waals surface area contributed by atoms with Crippen LogP contribution in [0.3, 0.4) is 0 Å². The Hall–Kier alpha value is 0.500. The summed E-state index contributed by atoms with van der Waals surface area (Å²) in [5.41, 5.74) is 0. The van der Waals surface area contributed by atoms with Gasteiger partial charge in [-0.2, -0.15) is 0 Å². The molecule has 7 heavy (non-hydrogen) atoms. The van der Waals surface area contributed by atoms with Crippen LogP contribution in [0.2, 0.25) is 0 Å². The Balaban J connectivity index is 0. The van der Waals surface area contributed by atoms with Crippen molar-refractivity contribution in [1.82, 2.24) is 0 Å². The van der Waals surface area contributed by atoms with E-state index in [1.54, 1.807) is 0 Å². The van der Waals surface area contributed by atoms with Crippen LogP contribution < -0.4 is 0 Å². The molecule has 0 amide bonds. The van der Waals surface area contributed by atoms with E-state index in [9.17, 15) is 0 Å². The largest absolute Gasteiger partial charge is 0.352 e. The minimum Gasteiger partial charge on any atom is -0.352 e. The highest BCUT2D eigenvalue weighted by molar-refractivity contribution is 7.30. The third kappa shape index (κ3) is 527. The van der Waals surface area contributed by atoms with Crippen molar-refractivity contribution in [3.8, 4) is 0 Å². The van der Waals surface area contributed by atoms with Crippen molar-refractivity contribution < 1.29 is 24.1 Å². The minimum atomic E-state index is -3.13. The third-order valence-electron chi connectivity index (χ3n) is 0. The van der Waals surface area contributed by atoms with Crippen molar-refractivity contribution in [1.29, 1.82) is 0 Å². The smallest absolute Gasteiger partial charge is 0.314 e. The van der Waals surface area contributed by atoms with Gasteiger partial charge in [-0.25, -0.2) is 0 Å². The van der Waals surface area contributed by atoms with Crippen molar-refractivity contribution in [2.75, 3.05) is 0 Å². The lowest BCUT2D eigenvalue weighted by Crippen LogP contribution is -1.38. The predicted molar refractivity (Wildman–Crippen MR) is 26.2 cm³/mol. The molecule has 0 heterocycles. The highest BCUT2D eigenvalue weighted by Gasteiger charge is 1.61. The van der Waals surface area contributed by atoms with E-state index in [0.29, 0.717) is 0 Å². The second-order valence-electron chi connectivity index (χ2n) is 0.383. The summed E-state index contributed by atoms with van der Waals surface area (Å²) in [6.45, 7) is 0. The predicted octanol–water partition coefficient (Wildman–Crippen LogP) is -1.16. The number of rotatable bonds is 0. The molecule has 0 bridgehead atoms. The lowest BCUT2D eigenvalue weighted by atomic mass is 15.8. The Kier molecular flexibility index (Phi) is 14.5. The van der Waals surface area contributed by atoms with Gasteiger partial charge < -0.3 is 19.6 Å². The van der Waals surface area contributed by atoms with Gasteiger partial charge in [-0.3, -0.25) is 4.57 Å². The van der Waals surface area contributed by atoms with Crippen molar-refractivity contribution in [2.45, 2.75) is 0 Å². The zero-order valence-electron chi connectivity index (χ0n) is 3.20. The molecule has 4 N–H and O–H groups in total. The molecule has 0 saturated heterocycles. The molecule has 0 rings (SSSR count). The topological polar surface area (TPSA) is 98.0 Å². The molecule has 7 heteroatoms. The Morgan fingerprint density at radius 2 is 1.29 bits per heavy atom. The van der Waals surface area contributed by atoms with Crippen LogP contribution in [0.25, 0.3) is 0 Å². The molecule has 0 aliphatic rings. The monoisotopic (exact) mass is 148 g/mol. The molecule has 0 saturated carbocycles. The van der Waals surface area contributed by atoms with Crippen LogP contribution in [0.1, 0.15) is 0 Å². The van der Waals surface area contributed by atoms with Gasteiger partial charge in [0.05, 0.1) is 0 Å². The first-order valence-electron chi connectivity index (χ1n) is 1.10. The average molecular weight is 148 g/mol. The summed E-state index contributed by atoms with van der Waals surface area (Å²) in [6, 6.07) is 0. The van der Waals surface area contributed by atoms with Crippen LogP contribution in [-0.2, 0) is 4.57 Å². The van der Waals surface area contributed by atoms with E-state index in [0.717, 1.165) is 0 Å². The minimum absolute atomic E-state index is 0.917. The second kappa shape index (κ2) is 9.71. The van der Waals surface area contributed by atoms with Crippen LogP contribution in [-0.4, -0.2) is 19.6 Å². The average Bonchev–Trinajstić information content (AvgIpc) is 1.33. The van der Waals surface area contributed by atoms with E-state index in [-0.39, 0.29) is 0 Å². The summed E-state index contributed by atoms with van der Waals surface area (Å²) >= 11 is 0. The first-order valence-corrected chi connectivity index (χ1v) is 3.30. The van der Waals surface area contributed by atoms with Gasteiger partial charge in [-0.1, -0.05) is 0 Å². The molecular formula is H6O5P2. The Morgan fingerprint density at radius 1 is 1.29 bits per heavy atom. The maximum atomic E-state index is 8.74. The maximum Gasteiger partial charge on any atom is 0.314 e. The van der Waals surface area contributed by atoms with E-state index < -0.39 is 17.3 Å². The summed E-state index contributed by atoms with van der Waals surface area (Å²) in [7, 11) is -4.05. The van der Waals surface area contributed by atoms with Gasteiger partial charge in [-0.05, 0) is 0 Å². The third-order valence-corrected chi connectivity index (χ3v) is 0. The summed E-state index contributed by atoms with van der Waals surface area (Å²) in [4.78, 5) is 28.6. The first kappa shape index (κ1) is 10.5. The summed E-state index contributed by atoms with van der Waals surface area (Å²) in [5, 5.41) is 0. The van der Waals surface area contributed by atoms with E-state index in [1.165, 1.54) is 0 Å². The van der Waals surface area contributed by atoms with Crippen LogP contribution in [0.4, 0.5) is 0 Å². The van der Waals surface area contributed by atoms with Gasteiger partial charge in [0.15, 0.2) is 0 Å². The van der Waals surface area contributed by atoms with E-state index in [4.69, 9.17) is 24.1 Å². The summed E-state index contributed by atoms with van der Waals surface area (Å²) in [6.07, 6.45) is 0. The fourth-order valence-electron chi connectivity index (χ4n) is 0. The first-order chi connectivity index (χ1) is 3.15. The lowest BCUT2D eigenvalue weighted by Gasteiger charge is -1.61. The zero-order chi connectivity index (χ0) is 6.28. The van der Waals surface area contributed by atoms with Crippen molar-refractivity contribution >= 4 is 17.3 Å². The highest BCUT2D eigenvalue weighted by atomic mass is 31.1. The van der Waals surface area contributed by atoms with Crippen LogP contribution in [0.15, 0.2) is 0 Å². The molecular weight excluding hydrogens is 142 g/mol. The molecule has 0 spiro atoms. The molecule has 0 atom stereocenters. The summed E-state index contributed by atoms with van der Waals surface area (Å²) < 4.78 is 8.74. The zero-order valence-corrected chi connectivity index (χ0v) is 5.20. The molecule has 0 radical (unpaired) electrons. The quantitative estimate of drug-likeness (QED) is 0.325. The fraction of sp³-hybridized carbons (Fsp3) is 0. The van der Waals surface area contributed by atoms with Crippen LogP contribution in [0.5, 0.6) is 0 Å². The van der Waals surface area contributed by atoms with Crippen LogP contribution in [0, 0.1) is 0 Å². The van der Waals surface area contributed by atoms with Gasteiger partial charge in [0.1, 0.15) is 9.03 Å². The Morgan fingerprint density at radius 3 is 1.29 bits per heavy atom. The number of hydrogen-bond donors (Lipinski definition) is 4. The standard InChI is InChI=1S/H3O3P.H3O2P/c1-4(2)3;1-3-2/h4H,(H2,1,2,3);1-3H. The SMILES string of the molecule is O=[PH](O)O.OPO. The van der Waals surface area contributed by atoms with Crippen molar-refractivity contribution in [2.24, 2.45) is 0 Å². The van der Waals surface area contributed by atoms with Crippen LogP contribution >= 0.6 is 17.3 Å². The molecule has 0 aliphatic carbocycles. The Bertz CT molecular complexity index is 37.3. The lowest BCUT2D eigenvalue weighted by molar-refractivity contribution is 0.405.